The average molecular weight is 213 g/mol. The third-order valence-electron chi connectivity index (χ3n) is 2.53. The topological polar surface area (TPSA) is 29.1 Å². The summed E-state index contributed by atoms with van der Waals surface area (Å²) in [5.41, 5.74) is 0. The van der Waals surface area contributed by atoms with Gasteiger partial charge in [0.2, 0.25) is 5.91 Å². The highest BCUT2D eigenvalue weighted by Crippen LogP contribution is 2.08. The molecule has 2 heteroatoms. The van der Waals surface area contributed by atoms with Crippen molar-refractivity contribution < 1.29 is 4.79 Å². The van der Waals surface area contributed by atoms with Crippen molar-refractivity contribution in [2.45, 2.75) is 59.8 Å². The van der Waals surface area contributed by atoms with Crippen LogP contribution in [0.15, 0.2) is 0 Å². The predicted molar refractivity (Wildman–Crippen MR) is 65.8 cm³/mol. The summed E-state index contributed by atoms with van der Waals surface area (Å²) in [4.78, 5) is 11.2. The fourth-order valence-corrected chi connectivity index (χ4v) is 1.45. The lowest BCUT2D eigenvalue weighted by atomic mass is 10.0. The zero-order chi connectivity index (χ0) is 11.7. The number of nitrogens with one attached hydrogen (secondary N) is 1. The van der Waals surface area contributed by atoms with Crippen LogP contribution < -0.4 is 5.32 Å². The van der Waals surface area contributed by atoms with Crippen LogP contribution in [0.2, 0.25) is 0 Å². The molecule has 0 saturated carbocycles. The van der Waals surface area contributed by atoms with Crippen LogP contribution >= 0.6 is 0 Å². The third kappa shape index (κ3) is 9.77. The number of hydrogen-bond acceptors (Lipinski definition) is 1. The van der Waals surface area contributed by atoms with Crippen LogP contribution in [0.1, 0.15) is 59.8 Å². The number of amides is 1. The van der Waals surface area contributed by atoms with Crippen LogP contribution in [0.5, 0.6) is 0 Å². The summed E-state index contributed by atoms with van der Waals surface area (Å²) in [6.07, 6.45) is 6.32. The molecule has 15 heavy (non-hydrogen) atoms. The van der Waals surface area contributed by atoms with E-state index < -0.39 is 0 Å². The molecular weight excluding hydrogens is 186 g/mol. The Hall–Kier alpha value is -0.530. The minimum absolute atomic E-state index is 0.117. The molecule has 0 aliphatic heterocycles. The molecule has 1 amide bonds. The SMILES string of the molecule is CC(C)CCCCCCNC(=O)C(C)C. The Morgan fingerprint density at radius 1 is 1.00 bits per heavy atom. The Labute approximate surface area is 94.8 Å². The number of unbranched alkanes of at least 4 members (excludes halogenated alkanes) is 3. The van der Waals surface area contributed by atoms with E-state index in [4.69, 9.17) is 0 Å². The van der Waals surface area contributed by atoms with E-state index in [1.807, 2.05) is 13.8 Å². The maximum Gasteiger partial charge on any atom is 0.222 e. The first-order valence-corrected chi connectivity index (χ1v) is 6.31. The van der Waals surface area contributed by atoms with E-state index in [9.17, 15) is 4.79 Å². The minimum atomic E-state index is 0.117. The Morgan fingerprint density at radius 3 is 2.13 bits per heavy atom. The molecule has 0 atom stereocenters. The highest BCUT2D eigenvalue weighted by Gasteiger charge is 2.04. The quantitative estimate of drug-likeness (QED) is 0.615. The lowest BCUT2D eigenvalue weighted by Crippen LogP contribution is -2.28. The molecule has 0 radical (unpaired) electrons. The molecular formula is C13H27NO. The maximum absolute atomic E-state index is 11.2. The molecule has 90 valence electrons. The molecule has 0 aromatic rings. The van der Waals surface area contributed by atoms with Crippen molar-refractivity contribution in [1.29, 1.82) is 0 Å². The average Bonchev–Trinajstić information content (AvgIpc) is 2.15. The summed E-state index contributed by atoms with van der Waals surface area (Å²) in [7, 11) is 0. The van der Waals surface area contributed by atoms with E-state index in [0.717, 1.165) is 18.9 Å². The van der Waals surface area contributed by atoms with E-state index in [2.05, 4.69) is 19.2 Å². The zero-order valence-corrected chi connectivity index (χ0v) is 10.8. The maximum atomic E-state index is 11.2. The van der Waals surface area contributed by atoms with Crippen molar-refractivity contribution in [3.63, 3.8) is 0 Å². The van der Waals surface area contributed by atoms with Crippen molar-refractivity contribution in [1.82, 2.24) is 5.32 Å². The fourth-order valence-electron chi connectivity index (χ4n) is 1.45. The first kappa shape index (κ1) is 14.5. The van der Waals surface area contributed by atoms with Gasteiger partial charge in [-0.2, -0.15) is 0 Å². The van der Waals surface area contributed by atoms with Crippen LogP contribution in [-0.4, -0.2) is 12.5 Å². The molecule has 0 bridgehead atoms. The van der Waals surface area contributed by atoms with Gasteiger partial charge in [-0.1, -0.05) is 53.4 Å². The van der Waals surface area contributed by atoms with Gasteiger partial charge >= 0.3 is 0 Å². The Bertz CT molecular complexity index is 164. The van der Waals surface area contributed by atoms with Crippen LogP contribution in [0.3, 0.4) is 0 Å². The summed E-state index contributed by atoms with van der Waals surface area (Å²) in [5, 5.41) is 2.94. The summed E-state index contributed by atoms with van der Waals surface area (Å²) in [5.74, 6) is 1.12. The third-order valence-corrected chi connectivity index (χ3v) is 2.53. The van der Waals surface area contributed by atoms with E-state index in [1.54, 1.807) is 0 Å². The first-order valence-electron chi connectivity index (χ1n) is 6.31. The number of rotatable bonds is 8. The molecule has 0 aromatic carbocycles. The Balaban J connectivity index is 3.15. The van der Waals surface area contributed by atoms with Gasteiger partial charge in [-0.25, -0.2) is 0 Å². The molecule has 0 saturated heterocycles. The second-order valence-electron chi connectivity index (χ2n) is 5.04. The summed E-state index contributed by atoms with van der Waals surface area (Å²) in [6.45, 7) is 9.24. The molecule has 0 unspecified atom stereocenters. The van der Waals surface area contributed by atoms with E-state index in [-0.39, 0.29) is 11.8 Å². The van der Waals surface area contributed by atoms with Crippen LogP contribution in [0.25, 0.3) is 0 Å². The molecule has 2 nitrogen and oxygen atoms in total. The van der Waals surface area contributed by atoms with Gasteiger partial charge in [-0.15, -0.1) is 0 Å². The Kier molecular flexibility index (Phi) is 8.44. The van der Waals surface area contributed by atoms with E-state index in [1.165, 1.54) is 25.7 Å². The van der Waals surface area contributed by atoms with Gasteiger partial charge in [0.05, 0.1) is 0 Å². The van der Waals surface area contributed by atoms with Crippen molar-refractivity contribution in [3.05, 3.63) is 0 Å². The lowest BCUT2D eigenvalue weighted by Gasteiger charge is -2.07. The van der Waals surface area contributed by atoms with Crippen LogP contribution in [-0.2, 0) is 4.79 Å². The first-order chi connectivity index (χ1) is 7.04. The molecule has 0 rings (SSSR count). The van der Waals surface area contributed by atoms with E-state index in [0.29, 0.717) is 0 Å². The van der Waals surface area contributed by atoms with Crippen molar-refractivity contribution >= 4 is 5.91 Å². The predicted octanol–water partition coefficient (Wildman–Crippen LogP) is 3.37. The van der Waals surface area contributed by atoms with Gasteiger partial charge in [0.15, 0.2) is 0 Å². The smallest absolute Gasteiger partial charge is 0.222 e. The molecule has 1 N–H and O–H groups in total. The van der Waals surface area contributed by atoms with Crippen molar-refractivity contribution in [3.8, 4) is 0 Å². The fraction of sp³-hybridized carbons (Fsp3) is 0.923. The van der Waals surface area contributed by atoms with Gasteiger partial charge in [-0.3, -0.25) is 4.79 Å². The standard InChI is InChI=1S/C13H27NO/c1-11(2)9-7-5-6-8-10-14-13(15)12(3)4/h11-12H,5-10H2,1-4H3,(H,14,15). The minimum Gasteiger partial charge on any atom is -0.356 e. The number of carbonyl (C=O) groups excluding carboxylic acids is 1. The molecule has 0 aliphatic rings. The number of hydrogen-bond donors (Lipinski definition) is 1. The highest BCUT2D eigenvalue weighted by molar-refractivity contribution is 5.77. The molecule has 0 aromatic heterocycles. The molecule has 0 aliphatic carbocycles. The Morgan fingerprint density at radius 2 is 1.60 bits per heavy atom. The van der Waals surface area contributed by atoms with Gasteiger partial charge in [0.1, 0.15) is 0 Å². The lowest BCUT2D eigenvalue weighted by molar-refractivity contribution is -0.123. The molecule has 0 fully saturated rings. The van der Waals surface area contributed by atoms with Crippen LogP contribution in [0.4, 0.5) is 0 Å². The largest absolute Gasteiger partial charge is 0.356 e. The molecule has 0 heterocycles. The van der Waals surface area contributed by atoms with Gasteiger partial charge in [0.25, 0.3) is 0 Å². The van der Waals surface area contributed by atoms with Gasteiger partial charge in [-0.05, 0) is 12.3 Å². The van der Waals surface area contributed by atoms with Gasteiger partial charge in [0, 0.05) is 12.5 Å². The second-order valence-corrected chi connectivity index (χ2v) is 5.04. The van der Waals surface area contributed by atoms with Crippen molar-refractivity contribution in [2.24, 2.45) is 11.8 Å². The number of carbonyl (C=O) groups is 1. The highest BCUT2D eigenvalue weighted by atomic mass is 16.1. The van der Waals surface area contributed by atoms with E-state index >= 15 is 0 Å². The zero-order valence-electron chi connectivity index (χ0n) is 10.8. The monoisotopic (exact) mass is 213 g/mol. The normalized spacial score (nSPS) is 11.1. The summed E-state index contributed by atoms with van der Waals surface area (Å²) in [6, 6.07) is 0. The van der Waals surface area contributed by atoms with Crippen molar-refractivity contribution in [2.75, 3.05) is 6.54 Å². The summed E-state index contributed by atoms with van der Waals surface area (Å²) >= 11 is 0. The van der Waals surface area contributed by atoms with Gasteiger partial charge < -0.3 is 5.32 Å². The van der Waals surface area contributed by atoms with Crippen LogP contribution in [0, 0.1) is 11.8 Å². The summed E-state index contributed by atoms with van der Waals surface area (Å²) < 4.78 is 0. The second kappa shape index (κ2) is 8.75. The molecule has 0 spiro atoms.